The van der Waals surface area contributed by atoms with Gasteiger partial charge >= 0.3 is 0 Å². The molecule has 0 heterocycles. The standard InChI is InChI=1S/C6H10O.C5H10.C5H8.C4H10O2S/c1-4-6(7)5(2)3;2*1-4-5(2)3;1-4(2)7(3,5)6/h4-5H,1H2,2-3H3;4-5H,1H2,2-3H3;1,5H,2-3H3;4H,1-3H3. The van der Waals surface area contributed by atoms with Crippen LogP contribution in [0, 0.1) is 30.1 Å². The molecular weight excluding hydrogens is 320 g/mol. The lowest BCUT2D eigenvalue weighted by Crippen LogP contribution is -2.10. The van der Waals surface area contributed by atoms with Crippen LogP contribution in [0.3, 0.4) is 0 Å². The Labute approximate surface area is 151 Å². The first kappa shape index (κ1) is 30.5. The third-order valence-electron chi connectivity index (χ3n) is 2.43. The lowest BCUT2D eigenvalue weighted by atomic mass is 10.1. The van der Waals surface area contributed by atoms with Crippen molar-refractivity contribution in [3.63, 3.8) is 0 Å². The maximum Gasteiger partial charge on any atom is 0.157 e. The Morgan fingerprint density at radius 3 is 1.25 bits per heavy atom. The predicted molar refractivity (Wildman–Crippen MR) is 109 cm³/mol. The van der Waals surface area contributed by atoms with E-state index in [1.165, 1.54) is 12.3 Å². The van der Waals surface area contributed by atoms with Gasteiger partial charge in [0.25, 0.3) is 0 Å². The van der Waals surface area contributed by atoms with Crippen molar-refractivity contribution in [3.8, 4) is 12.3 Å². The molecule has 0 aliphatic heterocycles. The van der Waals surface area contributed by atoms with Crippen molar-refractivity contribution in [3.05, 3.63) is 25.3 Å². The third-order valence-corrected chi connectivity index (χ3v) is 4.14. The summed E-state index contributed by atoms with van der Waals surface area (Å²) in [5, 5.41) is -0.229. The van der Waals surface area contributed by atoms with Crippen LogP contribution in [0.4, 0.5) is 0 Å². The maximum atomic E-state index is 10.4. The molecule has 0 N–H and O–H groups in total. The minimum atomic E-state index is -2.74. The number of hydrogen-bond acceptors (Lipinski definition) is 3. The molecule has 0 aromatic rings. The van der Waals surface area contributed by atoms with Crippen molar-refractivity contribution in [2.75, 3.05) is 6.26 Å². The zero-order valence-electron chi connectivity index (χ0n) is 17.1. The highest BCUT2D eigenvalue weighted by molar-refractivity contribution is 7.91. The lowest BCUT2D eigenvalue weighted by molar-refractivity contribution is -0.117. The molecule has 4 heteroatoms. The van der Waals surface area contributed by atoms with Gasteiger partial charge in [-0.25, -0.2) is 8.42 Å². The second kappa shape index (κ2) is 18.0. The van der Waals surface area contributed by atoms with Crippen LogP contribution in [-0.4, -0.2) is 25.7 Å². The number of allylic oxidation sites excluding steroid dienone is 2. The van der Waals surface area contributed by atoms with Gasteiger partial charge in [0.15, 0.2) is 5.78 Å². The van der Waals surface area contributed by atoms with E-state index in [1.807, 2.05) is 33.8 Å². The maximum absolute atomic E-state index is 10.4. The van der Waals surface area contributed by atoms with Crippen LogP contribution >= 0.6 is 0 Å². The SMILES string of the molecule is C#CC(C)C.C=CC(=O)C(C)C.C=CC(C)C.CC(C)S(C)(=O)=O. The summed E-state index contributed by atoms with van der Waals surface area (Å²) in [5.41, 5.74) is 0. The third kappa shape index (κ3) is 37.2. The Morgan fingerprint density at radius 2 is 1.25 bits per heavy atom. The number of carbonyl (C=O) groups excluding carboxylic acids is 1. The van der Waals surface area contributed by atoms with Crippen LogP contribution in [0.1, 0.15) is 55.4 Å². The van der Waals surface area contributed by atoms with Crippen molar-refractivity contribution < 1.29 is 13.2 Å². The molecule has 0 spiro atoms. The molecule has 142 valence electrons. The molecule has 0 rings (SSSR count). The topological polar surface area (TPSA) is 51.2 Å². The molecule has 0 atom stereocenters. The van der Waals surface area contributed by atoms with Gasteiger partial charge in [-0.1, -0.05) is 54.2 Å². The molecule has 0 radical (unpaired) electrons. The monoisotopic (exact) mass is 358 g/mol. The molecule has 0 bridgehead atoms. The number of carbonyl (C=O) groups is 1. The highest BCUT2D eigenvalue weighted by atomic mass is 32.2. The van der Waals surface area contributed by atoms with Gasteiger partial charge in [0.05, 0.1) is 5.25 Å². The van der Waals surface area contributed by atoms with Gasteiger partial charge in [-0.05, 0) is 25.8 Å². The summed E-state index contributed by atoms with van der Waals surface area (Å²) in [7, 11) is -2.74. The zero-order valence-corrected chi connectivity index (χ0v) is 17.9. The van der Waals surface area contributed by atoms with Gasteiger partial charge in [-0.15, -0.1) is 18.9 Å². The van der Waals surface area contributed by atoms with E-state index in [0.29, 0.717) is 11.8 Å². The molecular formula is C20H38O3S. The molecule has 0 aliphatic carbocycles. The molecule has 0 aromatic carbocycles. The van der Waals surface area contributed by atoms with E-state index in [2.05, 4.69) is 32.9 Å². The molecule has 0 saturated carbocycles. The molecule has 3 nitrogen and oxygen atoms in total. The van der Waals surface area contributed by atoms with Crippen LogP contribution in [-0.2, 0) is 14.6 Å². The fraction of sp³-hybridized carbons (Fsp3) is 0.650. The van der Waals surface area contributed by atoms with Crippen molar-refractivity contribution in [2.45, 2.75) is 60.6 Å². The number of ketones is 1. The van der Waals surface area contributed by atoms with Gasteiger partial charge in [-0.3, -0.25) is 4.79 Å². The number of hydrogen-bond donors (Lipinski definition) is 0. The summed E-state index contributed by atoms with van der Waals surface area (Å²) < 4.78 is 20.7. The van der Waals surface area contributed by atoms with E-state index in [0.717, 1.165) is 0 Å². The number of rotatable bonds is 4. The summed E-state index contributed by atoms with van der Waals surface area (Å²) in [6.07, 6.45) is 9.42. The van der Waals surface area contributed by atoms with Gasteiger partial charge in [0, 0.05) is 18.1 Å². The fourth-order valence-electron chi connectivity index (χ4n) is 0.236. The molecule has 24 heavy (non-hydrogen) atoms. The van der Waals surface area contributed by atoms with E-state index < -0.39 is 9.84 Å². The van der Waals surface area contributed by atoms with Gasteiger partial charge in [0.1, 0.15) is 9.84 Å². The average molecular weight is 359 g/mol. The summed E-state index contributed by atoms with van der Waals surface area (Å²) in [5.74, 6) is 3.81. The van der Waals surface area contributed by atoms with Crippen molar-refractivity contribution >= 4 is 15.6 Å². The van der Waals surface area contributed by atoms with Gasteiger partial charge in [-0.2, -0.15) is 0 Å². The zero-order chi connectivity index (χ0) is 20.5. The smallest absolute Gasteiger partial charge is 0.157 e. The quantitative estimate of drug-likeness (QED) is 0.406. The van der Waals surface area contributed by atoms with Crippen molar-refractivity contribution in [1.29, 1.82) is 0 Å². The van der Waals surface area contributed by atoms with Gasteiger partial charge in [0.2, 0.25) is 0 Å². The first-order valence-corrected chi connectivity index (χ1v) is 10.1. The van der Waals surface area contributed by atoms with Crippen LogP contribution in [0.2, 0.25) is 0 Å². The van der Waals surface area contributed by atoms with Crippen LogP contribution in [0.15, 0.2) is 25.3 Å². The predicted octanol–water partition coefficient (Wildman–Crippen LogP) is 4.94. The van der Waals surface area contributed by atoms with Crippen molar-refractivity contribution in [2.24, 2.45) is 17.8 Å². The average Bonchev–Trinajstić information content (AvgIpc) is 2.46. The summed E-state index contributed by atoms with van der Waals surface area (Å²) in [4.78, 5) is 10.4. The second-order valence-corrected chi connectivity index (χ2v) is 9.04. The van der Waals surface area contributed by atoms with E-state index in [1.54, 1.807) is 13.8 Å². The van der Waals surface area contributed by atoms with E-state index >= 15 is 0 Å². The van der Waals surface area contributed by atoms with E-state index in [9.17, 15) is 13.2 Å². The highest BCUT2D eigenvalue weighted by Crippen LogP contribution is 1.93. The largest absolute Gasteiger partial charge is 0.295 e. The molecule has 0 aliphatic rings. The number of terminal acetylenes is 1. The van der Waals surface area contributed by atoms with Crippen LogP contribution < -0.4 is 0 Å². The lowest BCUT2D eigenvalue weighted by Gasteiger charge is -1.96. The van der Waals surface area contributed by atoms with Gasteiger partial charge < -0.3 is 0 Å². The second-order valence-electron chi connectivity index (χ2n) is 6.44. The van der Waals surface area contributed by atoms with Crippen LogP contribution in [0.5, 0.6) is 0 Å². The van der Waals surface area contributed by atoms with E-state index in [4.69, 9.17) is 6.42 Å². The molecule has 0 fully saturated rings. The molecule has 0 amide bonds. The number of sulfone groups is 1. The Bertz CT molecular complexity index is 462. The van der Waals surface area contributed by atoms with E-state index in [-0.39, 0.29) is 17.0 Å². The Balaban J connectivity index is -0.000000113. The summed E-state index contributed by atoms with van der Waals surface area (Å²) in [6.45, 7) is 22.1. The Hall–Kier alpha value is -1.34. The van der Waals surface area contributed by atoms with Crippen molar-refractivity contribution in [1.82, 2.24) is 0 Å². The minimum Gasteiger partial charge on any atom is -0.295 e. The molecule has 0 aromatic heterocycles. The summed E-state index contributed by atoms with van der Waals surface area (Å²) in [6, 6.07) is 0. The fourth-order valence-corrected chi connectivity index (χ4v) is 0.236. The Morgan fingerprint density at radius 1 is 1.00 bits per heavy atom. The molecule has 0 unspecified atom stereocenters. The highest BCUT2D eigenvalue weighted by Gasteiger charge is 2.05. The first-order chi connectivity index (χ1) is 10.7. The minimum absolute atomic E-state index is 0.109. The summed E-state index contributed by atoms with van der Waals surface area (Å²) >= 11 is 0. The normalized spacial score (nSPS) is 9.67. The molecule has 0 saturated heterocycles. The van der Waals surface area contributed by atoms with Crippen LogP contribution in [0.25, 0.3) is 0 Å². The Kier molecular flexibility index (Phi) is 22.9. The first-order valence-electron chi connectivity index (χ1n) is 8.10.